The van der Waals surface area contributed by atoms with Gasteiger partial charge in [-0.1, -0.05) is 0 Å². The van der Waals surface area contributed by atoms with Crippen LogP contribution in [0, 0.1) is 0 Å². The molecule has 1 fully saturated rings. The summed E-state index contributed by atoms with van der Waals surface area (Å²) in [4.78, 5) is 4.03. The lowest BCUT2D eigenvalue weighted by Crippen LogP contribution is -2.20. The van der Waals surface area contributed by atoms with Gasteiger partial charge in [0.05, 0.1) is 13.3 Å². The van der Waals surface area contributed by atoms with E-state index in [0.717, 1.165) is 28.6 Å². The molecule has 0 spiro atoms. The first-order chi connectivity index (χ1) is 6.17. The van der Waals surface area contributed by atoms with E-state index in [1.807, 2.05) is 0 Å². The predicted octanol–water partition coefficient (Wildman–Crippen LogP) is 1.80. The first-order valence-corrected chi connectivity index (χ1v) is 4.93. The van der Waals surface area contributed by atoms with Crippen LogP contribution in [-0.4, -0.2) is 12.1 Å². The lowest BCUT2D eigenvalue weighted by atomic mass is 10.1. The van der Waals surface area contributed by atoms with Crippen LogP contribution in [0.4, 0.5) is 0 Å². The second-order valence-corrected chi connectivity index (χ2v) is 4.21. The van der Waals surface area contributed by atoms with Crippen molar-refractivity contribution in [3.05, 3.63) is 22.4 Å². The Morgan fingerprint density at radius 3 is 2.77 bits per heavy atom. The maximum absolute atomic E-state index is 6.11. The van der Waals surface area contributed by atoms with Crippen molar-refractivity contribution < 1.29 is 4.74 Å². The van der Waals surface area contributed by atoms with Gasteiger partial charge in [0.1, 0.15) is 5.75 Å². The molecule has 1 heterocycles. The van der Waals surface area contributed by atoms with Crippen LogP contribution in [0.25, 0.3) is 0 Å². The van der Waals surface area contributed by atoms with E-state index in [2.05, 4.69) is 20.9 Å². The molecule has 0 radical (unpaired) electrons. The van der Waals surface area contributed by atoms with Gasteiger partial charge in [-0.3, -0.25) is 4.98 Å². The highest BCUT2D eigenvalue weighted by Gasteiger charge is 2.43. The van der Waals surface area contributed by atoms with Gasteiger partial charge in [-0.05, 0) is 28.8 Å². The zero-order valence-electron chi connectivity index (χ0n) is 7.38. The minimum absolute atomic E-state index is 0.187. The van der Waals surface area contributed by atoms with Gasteiger partial charge in [-0.2, -0.15) is 0 Å². The fraction of sp³-hybridized carbons (Fsp3) is 0.444. The number of aromatic nitrogens is 1. The first-order valence-electron chi connectivity index (χ1n) is 4.14. The Labute approximate surface area is 85.4 Å². The van der Waals surface area contributed by atoms with Crippen molar-refractivity contribution in [2.45, 2.75) is 18.4 Å². The van der Waals surface area contributed by atoms with Crippen molar-refractivity contribution in [3.63, 3.8) is 0 Å². The fourth-order valence-corrected chi connectivity index (χ4v) is 2.15. The summed E-state index contributed by atoms with van der Waals surface area (Å²) >= 11 is 3.44. The summed E-state index contributed by atoms with van der Waals surface area (Å²) < 4.78 is 6.16. The van der Waals surface area contributed by atoms with Crippen molar-refractivity contribution in [1.82, 2.24) is 4.98 Å². The molecular weight excluding hydrogens is 232 g/mol. The minimum Gasteiger partial charge on any atom is -0.495 e. The Hall–Kier alpha value is -0.610. The molecule has 4 heteroatoms. The highest BCUT2D eigenvalue weighted by molar-refractivity contribution is 9.10. The monoisotopic (exact) mass is 242 g/mol. The molecule has 1 aliphatic rings. The van der Waals surface area contributed by atoms with E-state index in [9.17, 15) is 0 Å². The standard InChI is InChI=1S/C9H11BrN2O/c1-13-7-5-12-4-6(10)8(7)9(11)2-3-9/h4-5H,2-3,11H2,1H3. The number of nitrogens with zero attached hydrogens (tertiary/aromatic N) is 1. The van der Waals surface area contributed by atoms with E-state index in [4.69, 9.17) is 10.5 Å². The van der Waals surface area contributed by atoms with E-state index in [1.54, 1.807) is 19.5 Å². The summed E-state index contributed by atoms with van der Waals surface area (Å²) in [6.45, 7) is 0. The average molecular weight is 243 g/mol. The molecule has 1 saturated carbocycles. The Bertz CT molecular complexity index is 336. The topological polar surface area (TPSA) is 48.1 Å². The minimum atomic E-state index is -0.187. The molecule has 1 aliphatic carbocycles. The van der Waals surface area contributed by atoms with Gasteiger partial charge >= 0.3 is 0 Å². The summed E-state index contributed by atoms with van der Waals surface area (Å²) in [5.41, 5.74) is 6.97. The number of ether oxygens (including phenoxy) is 1. The molecule has 0 bridgehead atoms. The molecule has 0 aromatic carbocycles. The third kappa shape index (κ3) is 1.44. The van der Waals surface area contributed by atoms with E-state index in [1.165, 1.54) is 0 Å². The van der Waals surface area contributed by atoms with E-state index in [0.29, 0.717) is 0 Å². The molecule has 0 aliphatic heterocycles. The van der Waals surface area contributed by atoms with E-state index in [-0.39, 0.29) is 5.54 Å². The van der Waals surface area contributed by atoms with Gasteiger partial charge in [0, 0.05) is 21.8 Å². The van der Waals surface area contributed by atoms with Crippen LogP contribution in [0.5, 0.6) is 5.75 Å². The van der Waals surface area contributed by atoms with Crippen LogP contribution >= 0.6 is 15.9 Å². The predicted molar refractivity (Wildman–Crippen MR) is 53.6 cm³/mol. The van der Waals surface area contributed by atoms with Gasteiger partial charge < -0.3 is 10.5 Å². The van der Waals surface area contributed by atoms with E-state index >= 15 is 0 Å². The fourth-order valence-electron chi connectivity index (χ4n) is 1.44. The summed E-state index contributed by atoms with van der Waals surface area (Å²) in [5, 5.41) is 0. The number of hydrogen-bond donors (Lipinski definition) is 1. The Morgan fingerprint density at radius 2 is 2.23 bits per heavy atom. The van der Waals surface area contributed by atoms with Crippen LogP contribution in [0.3, 0.4) is 0 Å². The van der Waals surface area contributed by atoms with Crippen molar-refractivity contribution >= 4 is 15.9 Å². The van der Waals surface area contributed by atoms with Crippen LogP contribution in [0.1, 0.15) is 18.4 Å². The molecule has 0 amide bonds. The number of hydrogen-bond acceptors (Lipinski definition) is 3. The number of methoxy groups -OCH3 is 1. The number of rotatable bonds is 2. The second-order valence-electron chi connectivity index (χ2n) is 3.35. The molecular formula is C9H11BrN2O. The second kappa shape index (κ2) is 2.96. The van der Waals surface area contributed by atoms with Crippen LogP contribution < -0.4 is 10.5 Å². The summed E-state index contributed by atoms with van der Waals surface area (Å²) in [6.07, 6.45) is 5.50. The van der Waals surface area contributed by atoms with Crippen LogP contribution in [-0.2, 0) is 5.54 Å². The molecule has 0 saturated heterocycles. The third-order valence-electron chi connectivity index (χ3n) is 2.37. The lowest BCUT2D eigenvalue weighted by Gasteiger charge is -2.15. The quantitative estimate of drug-likeness (QED) is 0.861. The summed E-state index contributed by atoms with van der Waals surface area (Å²) in [5.74, 6) is 0.773. The molecule has 0 unspecified atom stereocenters. The Morgan fingerprint density at radius 1 is 1.54 bits per heavy atom. The third-order valence-corrected chi connectivity index (χ3v) is 2.97. The SMILES string of the molecule is COc1cncc(Br)c1C1(N)CC1. The average Bonchev–Trinajstić information content (AvgIpc) is 2.84. The molecule has 13 heavy (non-hydrogen) atoms. The molecule has 2 rings (SSSR count). The van der Waals surface area contributed by atoms with Gasteiger partial charge in [-0.25, -0.2) is 0 Å². The molecule has 70 valence electrons. The van der Waals surface area contributed by atoms with Crippen LogP contribution in [0.15, 0.2) is 16.9 Å². The van der Waals surface area contributed by atoms with Crippen molar-refractivity contribution in [2.75, 3.05) is 7.11 Å². The number of halogens is 1. The zero-order chi connectivity index (χ0) is 9.47. The highest BCUT2D eigenvalue weighted by Crippen LogP contribution is 2.48. The first kappa shape index (κ1) is 8.97. The normalized spacial score (nSPS) is 18.4. The molecule has 2 N–H and O–H groups in total. The number of pyridine rings is 1. The largest absolute Gasteiger partial charge is 0.495 e. The Balaban J connectivity index is 2.52. The van der Waals surface area contributed by atoms with Gasteiger partial charge in [0.15, 0.2) is 0 Å². The van der Waals surface area contributed by atoms with Crippen LogP contribution in [0.2, 0.25) is 0 Å². The van der Waals surface area contributed by atoms with Crippen molar-refractivity contribution in [1.29, 1.82) is 0 Å². The van der Waals surface area contributed by atoms with Crippen molar-refractivity contribution in [2.24, 2.45) is 5.73 Å². The van der Waals surface area contributed by atoms with Gasteiger partial charge in [0.2, 0.25) is 0 Å². The molecule has 1 aromatic rings. The number of nitrogens with two attached hydrogens (primary N) is 1. The van der Waals surface area contributed by atoms with Crippen molar-refractivity contribution in [3.8, 4) is 5.75 Å². The zero-order valence-corrected chi connectivity index (χ0v) is 8.97. The molecule has 3 nitrogen and oxygen atoms in total. The lowest BCUT2D eigenvalue weighted by molar-refractivity contribution is 0.401. The summed E-state index contributed by atoms with van der Waals surface area (Å²) in [7, 11) is 1.64. The Kier molecular flexibility index (Phi) is 2.04. The van der Waals surface area contributed by atoms with E-state index < -0.39 is 0 Å². The maximum atomic E-state index is 6.11. The maximum Gasteiger partial charge on any atom is 0.143 e. The molecule has 0 atom stereocenters. The van der Waals surface area contributed by atoms with Gasteiger partial charge in [-0.15, -0.1) is 0 Å². The van der Waals surface area contributed by atoms with Gasteiger partial charge in [0.25, 0.3) is 0 Å². The molecule has 1 aromatic heterocycles. The highest BCUT2D eigenvalue weighted by atomic mass is 79.9. The smallest absolute Gasteiger partial charge is 0.143 e. The summed E-state index contributed by atoms with van der Waals surface area (Å²) in [6, 6.07) is 0.